The van der Waals surface area contributed by atoms with E-state index in [1.165, 1.54) is 5.56 Å². The van der Waals surface area contributed by atoms with E-state index in [-0.39, 0.29) is 11.9 Å². The number of carbonyl (C=O) groups is 1. The van der Waals surface area contributed by atoms with E-state index in [1.54, 1.807) is 11.3 Å². The van der Waals surface area contributed by atoms with Crippen LogP contribution in [0.4, 0.5) is 0 Å². The molecule has 4 rings (SSSR count). The van der Waals surface area contributed by atoms with Gasteiger partial charge in [0.25, 0.3) is 0 Å². The number of thiazole rings is 1. The van der Waals surface area contributed by atoms with Crippen LogP contribution in [0.2, 0.25) is 0 Å². The van der Waals surface area contributed by atoms with Crippen molar-refractivity contribution in [2.24, 2.45) is 0 Å². The molecule has 5 nitrogen and oxygen atoms in total. The number of nitrogens with one attached hydrogen (secondary N) is 1. The van der Waals surface area contributed by atoms with Crippen molar-refractivity contribution in [3.8, 4) is 10.6 Å². The molecule has 26 heavy (non-hydrogen) atoms. The fourth-order valence-corrected chi connectivity index (χ4v) is 4.16. The average Bonchev–Trinajstić information content (AvgIpc) is 3.37. The summed E-state index contributed by atoms with van der Waals surface area (Å²) in [5.41, 5.74) is 2.32. The molecule has 138 valence electrons. The Bertz CT molecular complexity index is 735. The summed E-state index contributed by atoms with van der Waals surface area (Å²) in [5, 5.41) is 6.37. The summed E-state index contributed by atoms with van der Waals surface area (Å²) < 4.78 is 0. The number of benzene rings is 1. The lowest BCUT2D eigenvalue weighted by molar-refractivity contribution is -0.126. The van der Waals surface area contributed by atoms with Gasteiger partial charge in [-0.2, -0.15) is 0 Å². The van der Waals surface area contributed by atoms with Crippen molar-refractivity contribution in [2.75, 3.05) is 26.2 Å². The van der Waals surface area contributed by atoms with Crippen LogP contribution in [-0.2, 0) is 11.3 Å². The first-order valence-corrected chi connectivity index (χ1v) is 10.3. The Morgan fingerprint density at radius 1 is 1.23 bits per heavy atom. The lowest BCUT2D eigenvalue weighted by atomic mass is 10.2. The van der Waals surface area contributed by atoms with E-state index < -0.39 is 0 Å². The average molecular weight is 371 g/mol. The lowest BCUT2D eigenvalue weighted by Crippen LogP contribution is -2.53. The largest absolute Gasteiger partial charge is 0.352 e. The molecule has 1 aromatic heterocycles. The van der Waals surface area contributed by atoms with Crippen molar-refractivity contribution in [3.05, 3.63) is 41.4 Å². The van der Waals surface area contributed by atoms with Crippen molar-refractivity contribution in [3.63, 3.8) is 0 Å². The second-order valence-electron chi connectivity index (χ2n) is 7.28. The van der Waals surface area contributed by atoms with E-state index in [0.717, 1.165) is 56.3 Å². The zero-order valence-corrected chi connectivity index (χ0v) is 16.0. The summed E-state index contributed by atoms with van der Waals surface area (Å²) in [6.07, 6.45) is 2.29. The molecule has 1 amide bonds. The van der Waals surface area contributed by atoms with Gasteiger partial charge in [0, 0.05) is 49.7 Å². The first kappa shape index (κ1) is 17.6. The predicted molar refractivity (Wildman–Crippen MR) is 105 cm³/mol. The molecule has 1 N–H and O–H groups in total. The number of hydrogen-bond donors (Lipinski definition) is 1. The molecule has 1 aliphatic carbocycles. The Labute approximate surface area is 159 Å². The Hall–Kier alpha value is -1.76. The molecule has 0 spiro atoms. The summed E-state index contributed by atoms with van der Waals surface area (Å²) in [4.78, 5) is 21.8. The number of rotatable bonds is 6. The minimum atomic E-state index is -0.0262. The van der Waals surface area contributed by atoms with Crippen LogP contribution in [0.1, 0.15) is 25.5 Å². The van der Waals surface area contributed by atoms with Crippen LogP contribution in [0.5, 0.6) is 0 Å². The van der Waals surface area contributed by atoms with Crippen molar-refractivity contribution >= 4 is 17.2 Å². The van der Waals surface area contributed by atoms with Crippen molar-refractivity contribution < 1.29 is 4.79 Å². The smallest absolute Gasteiger partial charge is 0.237 e. The third-order valence-electron chi connectivity index (χ3n) is 5.22. The number of piperazine rings is 1. The zero-order chi connectivity index (χ0) is 17.9. The minimum absolute atomic E-state index is 0.0262. The monoisotopic (exact) mass is 370 g/mol. The summed E-state index contributed by atoms with van der Waals surface area (Å²) in [6.45, 7) is 6.77. The molecule has 1 atom stereocenters. The highest BCUT2D eigenvalue weighted by atomic mass is 32.1. The Kier molecular flexibility index (Phi) is 5.33. The highest BCUT2D eigenvalue weighted by Gasteiger charge is 2.30. The van der Waals surface area contributed by atoms with Crippen LogP contribution < -0.4 is 5.32 Å². The standard InChI is InChI=1S/C20H26N4OS/c1-15(19(25)21-17-7-8-17)24-11-9-23(10-12-24)13-18-14-26-20(22-18)16-5-3-2-4-6-16/h2-6,14-15,17H,7-13H2,1H3,(H,21,25). The van der Waals surface area contributed by atoms with Gasteiger partial charge in [-0.1, -0.05) is 30.3 Å². The zero-order valence-electron chi connectivity index (χ0n) is 15.2. The summed E-state index contributed by atoms with van der Waals surface area (Å²) in [7, 11) is 0. The molecule has 1 saturated heterocycles. The van der Waals surface area contributed by atoms with Gasteiger partial charge in [-0.05, 0) is 19.8 Å². The summed E-state index contributed by atoms with van der Waals surface area (Å²) >= 11 is 1.71. The van der Waals surface area contributed by atoms with Crippen molar-refractivity contribution in [1.82, 2.24) is 20.1 Å². The normalized spacial score (nSPS) is 20.0. The Morgan fingerprint density at radius 2 is 1.96 bits per heavy atom. The summed E-state index contributed by atoms with van der Waals surface area (Å²) in [5.74, 6) is 0.188. The van der Waals surface area contributed by atoms with Gasteiger partial charge in [0.2, 0.25) is 5.91 Å². The molecular formula is C20H26N4OS. The van der Waals surface area contributed by atoms with E-state index in [2.05, 4.69) is 44.8 Å². The van der Waals surface area contributed by atoms with Crippen LogP contribution in [-0.4, -0.2) is 59.0 Å². The molecule has 1 aliphatic heterocycles. The summed E-state index contributed by atoms with van der Waals surface area (Å²) in [6, 6.07) is 10.8. The molecule has 0 radical (unpaired) electrons. The van der Waals surface area contributed by atoms with E-state index in [4.69, 9.17) is 4.98 Å². The number of aromatic nitrogens is 1. The third kappa shape index (κ3) is 4.31. The number of carbonyl (C=O) groups excluding carboxylic acids is 1. The van der Waals surface area contributed by atoms with Gasteiger partial charge in [0.05, 0.1) is 11.7 Å². The molecule has 2 aromatic rings. The van der Waals surface area contributed by atoms with E-state index in [1.807, 2.05) is 13.0 Å². The van der Waals surface area contributed by atoms with Gasteiger partial charge in [-0.15, -0.1) is 11.3 Å². The van der Waals surface area contributed by atoms with Crippen LogP contribution in [0.25, 0.3) is 10.6 Å². The fourth-order valence-electron chi connectivity index (χ4n) is 3.35. The molecular weight excluding hydrogens is 344 g/mol. The SMILES string of the molecule is CC(C(=O)NC1CC1)N1CCN(Cc2csc(-c3ccccc3)n2)CC1. The molecule has 2 heterocycles. The van der Waals surface area contributed by atoms with Gasteiger partial charge in [-0.25, -0.2) is 4.98 Å². The fraction of sp³-hybridized carbons (Fsp3) is 0.500. The number of hydrogen-bond acceptors (Lipinski definition) is 5. The molecule has 0 bridgehead atoms. The van der Waals surface area contributed by atoms with Crippen LogP contribution in [0.15, 0.2) is 35.7 Å². The van der Waals surface area contributed by atoms with E-state index in [9.17, 15) is 4.79 Å². The maximum atomic E-state index is 12.2. The van der Waals surface area contributed by atoms with Gasteiger partial charge < -0.3 is 5.32 Å². The van der Waals surface area contributed by atoms with Gasteiger partial charge in [0.15, 0.2) is 0 Å². The highest BCUT2D eigenvalue weighted by molar-refractivity contribution is 7.13. The van der Waals surface area contributed by atoms with Crippen molar-refractivity contribution in [2.45, 2.75) is 38.4 Å². The van der Waals surface area contributed by atoms with Gasteiger partial charge in [0.1, 0.15) is 5.01 Å². The number of nitrogens with zero attached hydrogens (tertiary/aromatic N) is 3. The highest BCUT2D eigenvalue weighted by Crippen LogP contribution is 2.24. The second-order valence-corrected chi connectivity index (χ2v) is 8.14. The predicted octanol–water partition coefficient (Wildman–Crippen LogP) is 2.59. The topological polar surface area (TPSA) is 48.5 Å². The minimum Gasteiger partial charge on any atom is -0.352 e. The van der Waals surface area contributed by atoms with Crippen molar-refractivity contribution in [1.29, 1.82) is 0 Å². The van der Waals surface area contributed by atoms with Crippen LogP contribution in [0.3, 0.4) is 0 Å². The maximum absolute atomic E-state index is 12.2. The van der Waals surface area contributed by atoms with Crippen LogP contribution >= 0.6 is 11.3 Å². The molecule has 2 fully saturated rings. The van der Waals surface area contributed by atoms with Gasteiger partial charge >= 0.3 is 0 Å². The second kappa shape index (κ2) is 7.86. The Balaban J connectivity index is 1.27. The van der Waals surface area contributed by atoms with Gasteiger partial charge in [-0.3, -0.25) is 14.6 Å². The maximum Gasteiger partial charge on any atom is 0.237 e. The third-order valence-corrected chi connectivity index (χ3v) is 6.16. The molecule has 6 heteroatoms. The van der Waals surface area contributed by atoms with Crippen LogP contribution in [0, 0.1) is 0 Å². The van der Waals surface area contributed by atoms with E-state index >= 15 is 0 Å². The molecule has 1 saturated carbocycles. The lowest BCUT2D eigenvalue weighted by Gasteiger charge is -2.37. The quantitative estimate of drug-likeness (QED) is 0.849. The first-order chi connectivity index (χ1) is 12.7. The number of amides is 1. The van der Waals surface area contributed by atoms with E-state index in [0.29, 0.717) is 6.04 Å². The Morgan fingerprint density at radius 3 is 2.65 bits per heavy atom. The first-order valence-electron chi connectivity index (χ1n) is 9.45. The molecule has 1 aromatic carbocycles. The molecule has 2 aliphatic rings. The molecule has 1 unspecified atom stereocenters.